The minimum absolute atomic E-state index is 0.0595. The van der Waals surface area contributed by atoms with E-state index in [2.05, 4.69) is 4.90 Å². The van der Waals surface area contributed by atoms with Gasteiger partial charge in [-0.3, -0.25) is 14.5 Å². The van der Waals surface area contributed by atoms with Crippen LogP contribution in [0.2, 0.25) is 0 Å². The van der Waals surface area contributed by atoms with Crippen molar-refractivity contribution in [3.8, 4) is 0 Å². The summed E-state index contributed by atoms with van der Waals surface area (Å²) >= 11 is 0. The van der Waals surface area contributed by atoms with Crippen LogP contribution < -0.4 is 0 Å². The van der Waals surface area contributed by atoms with Crippen molar-refractivity contribution in [3.05, 3.63) is 35.6 Å². The highest BCUT2D eigenvalue weighted by Crippen LogP contribution is 2.19. The number of halogens is 1. The fourth-order valence-corrected chi connectivity index (χ4v) is 3.18. The lowest BCUT2D eigenvalue weighted by molar-refractivity contribution is -0.131. The van der Waals surface area contributed by atoms with Gasteiger partial charge in [-0.1, -0.05) is 12.1 Å². The molecule has 1 atom stereocenters. The molecule has 2 heterocycles. The van der Waals surface area contributed by atoms with E-state index in [-0.39, 0.29) is 23.4 Å². The van der Waals surface area contributed by atoms with Gasteiger partial charge in [0.25, 0.3) is 5.91 Å². The van der Waals surface area contributed by atoms with E-state index in [0.717, 1.165) is 13.0 Å². The Hall–Kier alpha value is -1.95. The van der Waals surface area contributed by atoms with Crippen LogP contribution in [0.15, 0.2) is 24.3 Å². The average Bonchev–Trinajstić information content (AvgIpc) is 2.87. The maximum absolute atomic E-state index is 13.7. The third-order valence-corrected chi connectivity index (χ3v) is 4.55. The number of hydrogen-bond acceptors (Lipinski definition) is 3. The predicted octanol–water partition coefficient (Wildman–Crippen LogP) is 0.814. The van der Waals surface area contributed by atoms with Gasteiger partial charge in [0.2, 0.25) is 5.91 Å². The molecule has 0 saturated carbocycles. The summed E-state index contributed by atoms with van der Waals surface area (Å²) in [6.45, 7) is 3.16. The van der Waals surface area contributed by atoms with E-state index in [9.17, 15) is 14.0 Å². The number of rotatable bonds is 2. The highest BCUT2D eigenvalue weighted by atomic mass is 19.1. The van der Waals surface area contributed by atoms with Gasteiger partial charge in [0, 0.05) is 39.8 Å². The summed E-state index contributed by atoms with van der Waals surface area (Å²) < 4.78 is 13.7. The maximum atomic E-state index is 13.7. The van der Waals surface area contributed by atoms with E-state index in [1.807, 2.05) is 7.05 Å². The summed E-state index contributed by atoms with van der Waals surface area (Å²) in [6.07, 6.45) is 0.844. The second-order valence-electron chi connectivity index (χ2n) is 5.87. The number of piperazine rings is 1. The molecule has 2 aliphatic heterocycles. The molecule has 2 fully saturated rings. The molecule has 0 N–H and O–H groups in total. The van der Waals surface area contributed by atoms with Crippen LogP contribution >= 0.6 is 0 Å². The van der Waals surface area contributed by atoms with Gasteiger partial charge in [-0.05, 0) is 18.6 Å². The van der Waals surface area contributed by atoms with Crippen molar-refractivity contribution in [2.24, 2.45) is 0 Å². The molecule has 0 spiro atoms. The van der Waals surface area contributed by atoms with E-state index in [1.165, 1.54) is 12.1 Å². The first-order chi connectivity index (χ1) is 10.6. The first kappa shape index (κ1) is 15.0. The SMILES string of the molecule is CN1CCC(N2CCN(C(=O)c3ccccc3F)CC2)C1=O. The standard InChI is InChI=1S/C16H20FN3O2/c1-18-7-6-14(16(18)22)19-8-10-20(11-9-19)15(21)12-4-2-3-5-13(12)17/h2-5,14H,6-11H2,1H3. The first-order valence-electron chi connectivity index (χ1n) is 7.61. The van der Waals surface area contributed by atoms with Gasteiger partial charge in [0.15, 0.2) is 0 Å². The highest BCUT2D eigenvalue weighted by Gasteiger charge is 2.36. The van der Waals surface area contributed by atoms with Gasteiger partial charge in [-0.2, -0.15) is 0 Å². The number of hydrogen-bond donors (Lipinski definition) is 0. The molecule has 0 radical (unpaired) electrons. The minimum atomic E-state index is -0.484. The molecule has 3 rings (SSSR count). The van der Waals surface area contributed by atoms with E-state index < -0.39 is 5.82 Å². The average molecular weight is 305 g/mol. The number of likely N-dealkylation sites (tertiary alicyclic amines) is 1. The molecular formula is C16H20FN3O2. The van der Waals surface area contributed by atoms with Crippen LogP contribution in [0.4, 0.5) is 4.39 Å². The molecule has 1 aromatic rings. The fourth-order valence-electron chi connectivity index (χ4n) is 3.18. The van der Waals surface area contributed by atoms with Crippen LogP contribution in [0.25, 0.3) is 0 Å². The Morgan fingerprint density at radius 1 is 1.14 bits per heavy atom. The van der Waals surface area contributed by atoms with Gasteiger partial charge in [-0.25, -0.2) is 4.39 Å². The molecule has 2 aliphatic rings. The largest absolute Gasteiger partial charge is 0.344 e. The monoisotopic (exact) mass is 305 g/mol. The molecular weight excluding hydrogens is 285 g/mol. The Morgan fingerprint density at radius 2 is 1.82 bits per heavy atom. The summed E-state index contributed by atoms with van der Waals surface area (Å²) in [4.78, 5) is 29.9. The van der Waals surface area contributed by atoms with Crippen LogP contribution in [0.3, 0.4) is 0 Å². The molecule has 2 saturated heterocycles. The number of amides is 2. The van der Waals surface area contributed by atoms with Gasteiger partial charge >= 0.3 is 0 Å². The Labute approximate surface area is 129 Å². The first-order valence-corrected chi connectivity index (χ1v) is 7.61. The van der Waals surface area contributed by atoms with E-state index in [0.29, 0.717) is 26.2 Å². The summed E-state index contributed by atoms with van der Waals surface area (Å²) in [6, 6.07) is 6.00. The molecule has 0 aliphatic carbocycles. The van der Waals surface area contributed by atoms with Gasteiger partial charge in [0.05, 0.1) is 11.6 Å². The third-order valence-electron chi connectivity index (χ3n) is 4.55. The Balaban J connectivity index is 1.61. The zero-order valence-corrected chi connectivity index (χ0v) is 12.7. The molecule has 0 bridgehead atoms. The zero-order valence-electron chi connectivity index (χ0n) is 12.7. The molecule has 1 aromatic carbocycles. The Morgan fingerprint density at radius 3 is 2.41 bits per heavy atom. The zero-order chi connectivity index (χ0) is 15.7. The van der Waals surface area contributed by atoms with Crippen LogP contribution in [-0.2, 0) is 4.79 Å². The van der Waals surface area contributed by atoms with Crippen LogP contribution in [-0.4, -0.2) is 72.3 Å². The number of carbonyl (C=O) groups excluding carboxylic acids is 2. The van der Waals surface area contributed by atoms with Crippen LogP contribution in [0.5, 0.6) is 0 Å². The molecule has 5 nitrogen and oxygen atoms in total. The van der Waals surface area contributed by atoms with Crippen molar-refractivity contribution in [1.82, 2.24) is 14.7 Å². The van der Waals surface area contributed by atoms with Crippen molar-refractivity contribution < 1.29 is 14.0 Å². The quantitative estimate of drug-likeness (QED) is 0.812. The number of nitrogens with zero attached hydrogens (tertiary/aromatic N) is 3. The van der Waals surface area contributed by atoms with E-state index in [1.54, 1.807) is 21.9 Å². The van der Waals surface area contributed by atoms with Gasteiger partial charge in [0.1, 0.15) is 5.82 Å². The van der Waals surface area contributed by atoms with Crippen molar-refractivity contribution in [2.75, 3.05) is 39.8 Å². The van der Waals surface area contributed by atoms with E-state index in [4.69, 9.17) is 0 Å². The number of carbonyl (C=O) groups is 2. The van der Waals surface area contributed by atoms with Crippen molar-refractivity contribution in [1.29, 1.82) is 0 Å². The van der Waals surface area contributed by atoms with Crippen molar-refractivity contribution in [2.45, 2.75) is 12.5 Å². The van der Waals surface area contributed by atoms with Crippen LogP contribution in [0, 0.1) is 5.82 Å². The van der Waals surface area contributed by atoms with Gasteiger partial charge in [-0.15, -0.1) is 0 Å². The lowest BCUT2D eigenvalue weighted by Gasteiger charge is -2.37. The molecule has 118 valence electrons. The maximum Gasteiger partial charge on any atom is 0.256 e. The minimum Gasteiger partial charge on any atom is -0.344 e. The smallest absolute Gasteiger partial charge is 0.256 e. The molecule has 2 amide bonds. The number of benzene rings is 1. The topological polar surface area (TPSA) is 43.9 Å². The highest BCUT2D eigenvalue weighted by molar-refractivity contribution is 5.94. The van der Waals surface area contributed by atoms with E-state index >= 15 is 0 Å². The Bertz CT molecular complexity index is 585. The summed E-state index contributed by atoms with van der Waals surface area (Å²) in [5.74, 6) is -0.593. The lowest BCUT2D eigenvalue weighted by Crippen LogP contribution is -2.53. The molecule has 22 heavy (non-hydrogen) atoms. The third kappa shape index (κ3) is 2.70. The van der Waals surface area contributed by atoms with Crippen molar-refractivity contribution >= 4 is 11.8 Å². The Kier molecular flexibility index (Phi) is 4.11. The molecule has 1 unspecified atom stereocenters. The number of likely N-dealkylation sites (N-methyl/N-ethyl adjacent to an activating group) is 1. The second-order valence-corrected chi connectivity index (χ2v) is 5.87. The lowest BCUT2D eigenvalue weighted by atomic mass is 10.1. The predicted molar refractivity (Wildman–Crippen MR) is 79.9 cm³/mol. The summed E-state index contributed by atoms with van der Waals surface area (Å²) in [5.41, 5.74) is 0.118. The van der Waals surface area contributed by atoms with Crippen LogP contribution in [0.1, 0.15) is 16.8 Å². The normalized spacial score (nSPS) is 23.2. The van der Waals surface area contributed by atoms with Gasteiger partial charge < -0.3 is 9.80 Å². The fraction of sp³-hybridized carbons (Fsp3) is 0.500. The summed E-state index contributed by atoms with van der Waals surface area (Å²) in [5, 5.41) is 0. The molecule has 0 aromatic heterocycles. The van der Waals surface area contributed by atoms with Crippen molar-refractivity contribution in [3.63, 3.8) is 0 Å². The second kappa shape index (κ2) is 6.04. The molecule has 6 heteroatoms. The summed E-state index contributed by atoms with van der Waals surface area (Å²) in [7, 11) is 1.82.